The third-order valence-corrected chi connectivity index (χ3v) is 4.71. The molecule has 1 aromatic heterocycles. The number of rotatable bonds is 4. The minimum absolute atomic E-state index is 0.166. The Bertz CT molecular complexity index is 699. The highest BCUT2D eigenvalue weighted by atomic mass is 79.9. The number of carbonyl (C=O) groups is 1. The van der Waals surface area contributed by atoms with Crippen LogP contribution < -0.4 is 5.32 Å². The highest BCUT2D eigenvalue weighted by Crippen LogP contribution is 2.29. The monoisotopic (exact) mass is 361 g/mol. The second-order valence-corrected chi connectivity index (χ2v) is 6.38. The van der Waals surface area contributed by atoms with Crippen LogP contribution in [0, 0.1) is 11.3 Å². The van der Waals surface area contributed by atoms with Crippen molar-refractivity contribution in [2.75, 3.05) is 5.32 Å². The lowest BCUT2D eigenvalue weighted by molar-refractivity contribution is -0.115. The zero-order valence-electron chi connectivity index (χ0n) is 11.2. The summed E-state index contributed by atoms with van der Waals surface area (Å²) in [5.74, 6) is -0.166. The number of pyridine rings is 1. The Kier molecular flexibility index (Phi) is 5.37. The minimum Gasteiger partial charge on any atom is -0.324 e. The highest BCUT2D eigenvalue weighted by molar-refractivity contribution is 9.10. The van der Waals surface area contributed by atoms with Crippen LogP contribution in [-0.2, 0) is 4.79 Å². The van der Waals surface area contributed by atoms with Crippen molar-refractivity contribution in [2.24, 2.45) is 0 Å². The maximum Gasteiger partial charge on any atom is 0.237 e. The van der Waals surface area contributed by atoms with Crippen LogP contribution >= 0.6 is 27.7 Å². The molecule has 0 saturated carbocycles. The Hall–Kier alpha value is -1.84. The molecule has 1 atom stereocenters. The van der Waals surface area contributed by atoms with E-state index in [1.807, 2.05) is 12.1 Å². The smallest absolute Gasteiger partial charge is 0.237 e. The van der Waals surface area contributed by atoms with Crippen LogP contribution in [0.25, 0.3) is 0 Å². The van der Waals surface area contributed by atoms with Crippen LogP contribution in [0.15, 0.2) is 52.1 Å². The number of halogens is 1. The molecule has 106 valence electrons. The molecule has 0 fully saturated rings. The van der Waals surface area contributed by atoms with Crippen molar-refractivity contribution in [2.45, 2.75) is 17.2 Å². The normalized spacial score (nSPS) is 11.5. The van der Waals surface area contributed by atoms with Gasteiger partial charge in [-0.3, -0.25) is 4.79 Å². The average molecular weight is 362 g/mol. The lowest BCUT2D eigenvalue weighted by atomic mass is 10.2. The summed E-state index contributed by atoms with van der Waals surface area (Å²) >= 11 is 4.76. The second kappa shape index (κ2) is 7.25. The van der Waals surface area contributed by atoms with Gasteiger partial charge in [0.1, 0.15) is 11.1 Å². The molecule has 0 bridgehead atoms. The molecular weight excluding hydrogens is 350 g/mol. The Balaban J connectivity index is 2.07. The molecule has 1 heterocycles. The molecule has 0 spiro atoms. The molecule has 0 radical (unpaired) electrons. The van der Waals surface area contributed by atoms with Gasteiger partial charge < -0.3 is 5.32 Å². The Labute approximate surface area is 135 Å². The number of carbonyl (C=O) groups excluding carboxylic acids is 1. The van der Waals surface area contributed by atoms with E-state index in [0.29, 0.717) is 11.3 Å². The Morgan fingerprint density at radius 2 is 2.14 bits per heavy atom. The number of hydrogen-bond acceptors (Lipinski definition) is 4. The first-order valence-corrected chi connectivity index (χ1v) is 7.86. The first kappa shape index (κ1) is 15.5. The molecule has 1 amide bonds. The quantitative estimate of drug-likeness (QED) is 0.840. The molecule has 0 aliphatic carbocycles. The largest absolute Gasteiger partial charge is 0.324 e. The standard InChI is InChI=1S/C15H12BrN3OS/c1-10(21-15-12(16)6-4-8-18-15)14(20)19-13-7-3-2-5-11(13)9-17/h2-8,10H,1H3,(H,19,20). The summed E-state index contributed by atoms with van der Waals surface area (Å²) in [4.78, 5) is 16.4. The Morgan fingerprint density at radius 1 is 1.38 bits per heavy atom. The summed E-state index contributed by atoms with van der Waals surface area (Å²) in [5.41, 5.74) is 0.972. The first-order valence-electron chi connectivity index (χ1n) is 6.19. The molecule has 1 aromatic carbocycles. The van der Waals surface area contributed by atoms with E-state index in [1.165, 1.54) is 11.8 Å². The van der Waals surface area contributed by atoms with E-state index in [9.17, 15) is 4.79 Å². The number of nitriles is 1. The molecule has 0 aliphatic rings. The number of anilines is 1. The average Bonchev–Trinajstić information content (AvgIpc) is 2.50. The summed E-state index contributed by atoms with van der Waals surface area (Å²) in [7, 11) is 0. The third kappa shape index (κ3) is 4.06. The van der Waals surface area contributed by atoms with Gasteiger partial charge in [0.2, 0.25) is 5.91 Å². The number of benzene rings is 1. The molecule has 2 rings (SSSR count). The molecule has 0 aliphatic heterocycles. The van der Waals surface area contributed by atoms with Gasteiger partial charge in [0, 0.05) is 10.7 Å². The van der Waals surface area contributed by atoms with Gasteiger partial charge in [-0.1, -0.05) is 23.9 Å². The molecule has 4 nitrogen and oxygen atoms in total. The maximum absolute atomic E-state index is 12.2. The van der Waals surface area contributed by atoms with Crippen molar-refractivity contribution in [3.05, 3.63) is 52.6 Å². The predicted molar refractivity (Wildman–Crippen MR) is 87.0 cm³/mol. The van der Waals surface area contributed by atoms with Crippen LogP contribution in [0.1, 0.15) is 12.5 Å². The Morgan fingerprint density at radius 3 is 2.86 bits per heavy atom. The summed E-state index contributed by atoms with van der Waals surface area (Å²) < 4.78 is 0.854. The van der Waals surface area contributed by atoms with Crippen LogP contribution in [0.2, 0.25) is 0 Å². The fraction of sp³-hybridized carbons (Fsp3) is 0.133. The number of hydrogen-bond donors (Lipinski definition) is 1. The molecule has 0 saturated heterocycles. The van der Waals surface area contributed by atoms with E-state index in [2.05, 4.69) is 32.3 Å². The topological polar surface area (TPSA) is 65.8 Å². The van der Waals surface area contributed by atoms with Gasteiger partial charge in [-0.2, -0.15) is 5.26 Å². The van der Waals surface area contributed by atoms with E-state index in [-0.39, 0.29) is 11.2 Å². The lowest BCUT2D eigenvalue weighted by Gasteiger charge is -2.13. The SMILES string of the molecule is CC(Sc1ncccc1Br)C(=O)Nc1ccccc1C#N. The van der Waals surface area contributed by atoms with Gasteiger partial charge in [-0.15, -0.1) is 0 Å². The summed E-state index contributed by atoms with van der Waals surface area (Å²) in [6.07, 6.45) is 1.68. The van der Waals surface area contributed by atoms with Crippen molar-refractivity contribution in [1.29, 1.82) is 5.26 Å². The fourth-order valence-corrected chi connectivity index (χ4v) is 2.94. The number of nitrogens with zero attached hydrogens (tertiary/aromatic N) is 2. The van der Waals surface area contributed by atoms with Gasteiger partial charge in [-0.25, -0.2) is 4.98 Å². The van der Waals surface area contributed by atoms with Crippen LogP contribution in [0.5, 0.6) is 0 Å². The first-order chi connectivity index (χ1) is 10.1. The van der Waals surface area contributed by atoms with Crippen LogP contribution in [-0.4, -0.2) is 16.1 Å². The van der Waals surface area contributed by atoms with Crippen molar-refractivity contribution in [3.8, 4) is 6.07 Å². The maximum atomic E-state index is 12.2. The van der Waals surface area contributed by atoms with E-state index >= 15 is 0 Å². The van der Waals surface area contributed by atoms with Crippen molar-refractivity contribution < 1.29 is 4.79 Å². The second-order valence-electron chi connectivity index (χ2n) is 4.20. The van der Waals surface area contributed by atoms with Gasteiger partial charge in [-0.05, 0) is 47.1 Å². The molecule has 21 heavy (non-hydrogen) atoms. The van der Waals surface area contributed by atoms with Crippen molar-refractivity contribution in [1.82, 2.24) is 4.98 Å². The number of aromatic nitrogens is 1. The van der Waals surface area contributed by atoms with Crippen LogP contribution in [0.4, 0.5) is 5.69 Å². The number of thioether (sulfide) groups is 1. The zero-order chi connectivity index (χ0) is 15.2. The lowest BCUT2D eigenvalue weighted by Crippen LogP contribution is -2.23. The van der Waals surface area contributed by atoms with Crippen molar-refractivity contribution >= 4 is 39.3 Å². The highest BCUT2D eigenvalue weighted by Gasteiger charge is 2.17. The van der Waals surface area contributed by atoms with E-state index in [1.54, 1.807) is 37.4 Å². The van der Waals surface area contributed by atoms with Gasteiger partial charge in [0.05, 0.1) is 16.5 Å². The number of amides is 1. The predicted octanol–water partition coefficient (Wildman–Crippen LogP) is 3.84. The summed E-state index contributed by atoms with van der Waals surface area (Å²) in [5, 5.41) is 12.2. The molecule has 1 N–H and O–H groups in total. The van der Waals surface area contributed by atoms with E-state index in [4.69, 9.17) is 5.26 Å². The summed E-state index contributed by atoms with van der Waals surface area (Å²) in [6.45, 7) is 1.80. The molecule has 1 unspecified atom stereocenters. The zero-order valence-corrected chi connectivity index (χ0v) is 13.6. The number of para-hydroxylation sites is 1. The fourth-order valence-electron chi connectivity index (χ4n) is 1.60. The van der Waals surface area contributed by atoms with Gasteiger partial charge >= 0.3 is 0 Å². The van der Waals surface area contributed by atoms with Gasteiger partial charge in [0.25, 0.3) is 0 Å². The molecular formula is C15H12BrN3OS. The molecule has 2 aromatic rings. The minimum atomic E-state index is -0.331. The number of nitrogens with one attached hydrogen (secondary N) is 1. The van der Waals surface area contributed by atoms with Crippen LogP contribution in [0.3, 0.4) is 0 Å². The third-order valence-electron chi connectivity index (χ3n) is 2.69. The molecule has 6 heteroatoms. The van der Waals surface area contributed by atoms with Crippen molar-refractivity contribution in [3.63, 3.8) is 0 Å². The van der Waals surface area contributed by atoms with E-state index < -0.39 is 0 Å². The van der Waals surface area contributed by atoms with Gasteiger partial charge in [0.15, 0.2) is 0 Å². The summed E-state index contributed by atoms with van der Waals surface area (Å²) in [6, 6.07) is 12.7. The van der Waals surface area contributed by atoms with E-state index in [0.717, 1.165) is 9.50 Å².